The molecule has 0 aromatic carbocycles. The van der Waals surface area contributed by atoms with E-state index in [-0.39, 0.29) is 11.7 Å². The van der Waals surface area contributed by atoms with Crippen LogP contribution < -0.4 is 0 Å². The molecule has 2 heterocycles. The lowest BCUT2D eigenvalue weighted by Gasteiger charge is -2.07. The molecule has 8 heteroatoms. The Labute approximate surface area is 135 Å². The highest BCUT2D eigenvalue weighted by Crippen LogP contribution is 2.27. The molecule has 6 nitrogen and oxygen atoms in total. The van der Waals surface area contributed by atoms with Crippen LogP contribution in [0, 0.1) is 0 Å². The minimum Gasteiger partial charge on any atom is -0.465 e. The number of esters is 1. The van der Waals surface area contributed by atoms with Crippen molar-refractivity contribution in [3.8, 4) is 11.6 Å². The number of furan rings is 1. The zero-order valence-corrected chi connectivity index (χ0v) is 14.2. The molecule has 0 aliphatic rings. The van der Waals surface area contributed by atoms with Gasteiger partial charge in [-0.05, 0) is 41.4 Å². The molecule has 2 aromatic heterocycles. The van der Waals surface area contributed by atoms with Gasteiger partial charge in [0.1, 0.15) is 0 Å². The van der Waals surface area contributed by atoms with Crippen LogP contribution in [0.5, 0.6) is 0 Å². The molecule has 0 aliphatic carbocycles. The molecule has 0 amide bonds. The highest BCUT2D eigenvalue weighted by molar-refractivity contribution is 9.10. The van der Waals surface area contributed by atoms with Gasteiger partial charge in [0.25, 0.3) is 0 Å². The molecule has 0 radical (unpaired) electrons. The van der Waals surface area contributed by atoms with Crippen LogP contribution in [0.15, 0.2) is 26.4 Å². The third-order valence-electron chi connectivity index (χ3n) is 2.58. The molecular formula is C13H16BrN3O3S. The van der Waals surface area contributed by atoms with Gasteiger partial charge in [-0.2, -0.15) is 0 Å². The van der Waals surface area contributed by atoms with Crippen molar-refractivity contribution >= 4 is 33.7 Å². The fourth-order valence-corrected chi connectivity index (χ4v) is 2.83. The molecular weight excluding hydrogens is 358 g/mol. The monoisotopic (exact) mass is 373 g/mol. The van der Waals surface area contributed by atoms with Gasteiger partial charge < -0.3 is 9.15 Å². The second-order valence-electron chi connectivity index (χ2n) is 4.16. The smallest absolute Gasteiger partial charge is 0.316 e. The largest absolute Gasteiger partial charge is 0.465 e. The summed E-state index contributed by atoms with van der Waals surface area (Å²) < 4.78 is 13.0. The molecule has 0 atom stereocenters. The number of aromatic nitrogens is 3. The lowest BCUT2D eigenvalue weighted by atomic mass is 10.4. The van der Waals surface area contributed by atoms with Crippen molar-refractivity contribution in [3.63, 3.8) is 0 Å². The molecule has 0 N–H and O–H groups in total. The first-order valence-corrected chi connectivity index (χ1v) is 8.40. The lowest BCUT2D eigenvalue weighted by Crippen LogP contribution is -2.08. The number of hydrogen-bond donors (Lipinski definition) is 0. The maximum atomic E-state index is 11.4. The van der Waals surface area contributed by atoms with E-state index in [1.807, 2.05) is 16.7 Å². The van der Waals surface area contributed by atoms with E-state index in [0.29, 0.717) is 28.0 Å². The van der Waals surface area contributed by atoms with Gasteiger partial charge in [0.2, 0.25) is 5.82 Å². The quantitative estimate of drug-likeness (QED) is 0.547. The summed E-state index contributed by atoms with van der Waals surface area (Å²) in [7, 11) is 0. The Morgan fingerprint density at radius 1 is 1.43 bits per heavy atom. The number of ether oxygens (including phenoxy) is 1. The normalized spacial score (nSPS) is 10.8. The first kappa shape index (κ1) is 16.1. The van der Waals surface area contributed by atoms with Gasteiger partial charge in [0.05, 0.1) is 12.4 Å². The number of halogens is 1. The number of carbonyl (C=O) groups excluding carboxylic acids is 1. The lowest BCUT2D eigenvalue weighted by molar-refractivity contribution is -0.139. The van der Waals surface area contributed by atoms with E-state index in [1.165, 1.54) is 11.8 Å². The van der Waals surface area contributed by atoms with Crippen LogP contribution in [0.4, 0.5) is 0 Å². The van der Waals surface area contributed by atoms with E-state index >= 15 is 0 Å². The van der Waals surface area contributed by atoms with Crippen LogP contribution >= 0.6 is 27.7 Å². The van der Waals surface area contributed by atoms with Gasteiger partial charge in [-0.1, -0.05) is 18.7 Å². The van der Waals surface area contributed by atoms with E-state index in [2.05, 4.69) is 33.1 Å². The molecule has 21 heavy (non-hydrogen) atoms. The Morgan fingerprint density at radius 2 is 2.24 bits per heavy atom. The Kier molecular flexibility index (Phi) is 5.86. The summed E-state index contributed by atoms with van der Waals surface area (Å²) in [5, 5.41) is 9.00. The summed E-state index contributed by atoms with van der Waals surface area (Å²) in [5.41, 5.74) is 0. The molecule has 0 fully saturated rings. The summed E-state index contributed by atoms with van der Waals surface area (Å²) in [6.07, 6.45) is 0.930. The standard InChI is InChI=1S/C13H16BrN3O3S/c1-3-7-17-12(9-5-6-10(14)20-9)15-16-13(17)21-8-11(18)19-4-2/h5-6H,3-4,7-8H2,1-2H3. The first-order valence-electron chi connectivity index (χ1n) is 6.63. The van der Waals surface area contributed by atoms with Crippen molar-refractivity contribution < 1.29 is 13.9 Å². The highest BCUT2D eigenvalue weighted by Gasteiger charge is 2.17. The number of nitrogens with zero attached hydrogens (tertiary/aromatic N) is 3. The summed E-state index contributed by atoms with van der Waals surface area (Å²) in [6.45, 7) is 5.00. The van der Waals surface area contributed by atoms with Crippen LogP contribution in [0.3, 0.4) is 0 Å². The van der Waals surface area contributed by atoms with Gasteiger partial charge in [-0.3, -0.25) is 9.36 Å². The molecule has 0 spiro atoms. The van der Waals surface area contributed by atoms with Gasteiger partial charge in [0.15, 0.2) is 15.6 Å². The highest BCUT2D eigenvalue weighted by atomic mass is 79.9. The third-order valence-corrected chi connectivity index (χ3v) is 3.95. The Balaban J connectivity index is 2.18. The molecule has 2 rings (SSSR count). The molecule has 114 valence electrons. The Hall–Kier alpha value is -1.28. The first-order chi connectivity index (χ1) is 10.2. The predicted octanol–water partition coefficient (Wildman–Crippen LogP) is 3.37. The van der Waals surface area contributed by atoms with Crippen molar-refractivity contribution in [1.82, 2.24) is 14.8 Å². The molecule has 0 saturated heterocycles. The Morgan fingerprint density at radius 3 is 2.86 bits per heavy atom. The molecule has 2 aromatic rings. The van der Waals surface area contributed by atoms with Crippen LogP contribution in [-0.2, 0) is 16.1 Å². The summed E-state index contributed by atoms with van der Waals surface area (Å²) in [5.74, 6) is 1.27. The SMILES string of the molecule is CCCn1c(SCC(=O)OCC)nnc1-c1ccc(Br)o1. The second-order valence-corrected chi connectivity index (χ2v) is 5.88. The minimum atomic E-state index is -0.254. The van der Waals surface area contributed by atoms with Crippen LogP contribution in [-0.4, -0.2) is 33.1 Å². The third kappa shape index (κ3) is 4.10. The Bertz CT molecular complexity index is 612. The molecule has 0 unspecified atom stereocenters. The van der Waals surface area contributed by atoms with E-state index in [0.717, 1.165) is 13.0 Å². The average Bonchev–Trinajstić information content (AvgIpc) is 3.04. The van der Waals surface area contributed by atoms with E-state index in [4.69, 9.17) is 9.15 Å². The van der Waals surface area contributed by atoms with Gasteiger partial charge >= 0.3 is 5.97 Å². The molecule has 0 aliphatic heterocycles. The maximum absolute atomic E-state index is 11.4. The summed E-state index contributed by atoms with van der Waals surface area (Å²) in [6, 6.07) is 3.64. The fraction of sp³-hybridized carbons (Fsp3) is 0.462. The number of thioether (sulfide) groups is 1. The maximum Gasteiger partial charge on any atom is 0.316 e. The van der Waals surface area contributed by atoms with Crippen LogP contribution in [0.2, 0.25) is 0 Å². The van der Waals surface area contributed by atoms with Crippen molar-refractivity contribution in [2.75, 3.05) is 12.4 Å². The number of rotatable bonds is 7. The van der Waals surface area contributed by atoms with Crippen molar-refractivity contribution in [3.05, 3.63) is 16.8 Å². The van der Waals surface area contributed by atoms with E-state index < -0.39 is 0 Å². The molecule has 0 saturated carbocycles. The topological polar surface area (TPSA) is 70.2 Å². The van der Waals surface area contributed by atoms with Gasteiger partial charge in [-0.25, -0.2) is 0 Å². The van der Waals surface area contributed by atoms with Crippen LogP contribution in [0.1, 0.15) is 20.3 Å². The van der Waals surface area contributed by atoms with Crippen LogP contribution in [0.25, 0.3) is 11.6 Å². The number of carbonyl (C=O) groups is 1. The van der Waals surface area contributed by atoms with Crippen molar-refractivity contribution in [2.24, 2.45) is 0 Å². The predicted molar refractivity (Wildman–Crippen MR) is 83.1 cm³/mol. The van der Waals surface area contributed by atoms with Crippen molar-refractivity contribution in [2.45, 2.75) is 32.0 Å². The summed E-state index contributed by atoms with van der Waals surface area (Å²) >= 11 is 4.60. The zero-order chi connectivity index (χ0) is 15.2. The summed E-state index contributed by atoms with van der Waals surface area (Å²) in [4.78, 5) is 11.4. The van der Waals surface area contributed by atoms with E-state index in [9.17, 15) is 4.79 Å². The van der Waals surface area contributed by atoms with E-state index in [1.54, 1.807) is 6.92 Å². The zero-order valence-electron chi connectivity index (χ0n) is 11.8. The van der Waals surface area contributed by atoms with Gasteiger partial charge in [0, 0.05) is 6.54 Å². The van der Waals surface area contributed by atoms with Crippen molar-refractivity contribution in [1.29, 1.82) is 0 Å². The van der Waals surface area contributed by atoms with Gasteiger partial charge in [-0.15, -0.1) is 10.2 Å². The molecule has 0 bridgehead atoms. The minimum absolute atomic E-state index is 0.220. The average molecular weight is 374 g/mol. The fourth-order valence-electron chi connectivity index (χ4n) is 1.76. The number of hydrogen-bond acceptors (Lipinski definition) is 6. The second kappa shape index (κ2) is 7.65.